The van der Waals surface area contributed by atoms with Crippen molar-refractivity contribution in [3.63, 3.8) is 0 Å². The van der Waals surface area contributed by atoms with Crippen molar-refractivity contribution in [1.29, 1.82) is 0 Å². The molecule has 1 aliphatic heterocycles. The summed E-state index contributed by atoms with van der Waals surface area (Å²) in [7, 11) is 0. The van der Waals surface area contributed by atoms with Crippen LogP contribution >= 0.6 is 0 Å². The molecule has 0 bridgehead atoms. The molecule has 1 N–H and O–H groups in total. The van der Waals surface area contributed by atoms with Gasteiger partial charge in [-0.15, -0.1) is 0 Å². The Morgan fingerprint density at radius 3 is 2.64 bits per heavy atom. The minimum Gasteiger partial charge on any atom is -0.481 e. The number of carbonyl (C=O) groups is 2. The largest absolute Gasteiger partial charge is 0.481 e. The van der Waals surface area contributed by atoms with Crippen LogP contribution in [0.4, 0.5) is 0 Å². The number of likely N-dealkylation sites (tertiary alicyclic amines) is 1. The standard InChI is InChI=1S/C18H27N3O4/c22-16(21-12-4-3-7-14(21)8-11-17(23)24)10-9-15-19-18(20-25-15)13-5-1-2-6-13/h13-14H,1-12H2,(H,23,24)/t14-/m0/s1. The predicted octanol–water partition coefficient (Wildman–Crippen LogP) is 2.91. The van der Waals surface area contributed by atoms with Crippen molar-refractivity contribution in [2.45, 2.75) is 82.6 Å². The molecule has 0 spiro atoms. The minimum atomic E-state index is -0.803. The molecule has 1 atom stereocenters. The van der Waals surface area contributed by atoms with Crippen LogP contribution in [0.2, 0.25) is 0 Å². The zero-order valence-electron chi connectivity index (χ0n) is 14.7. The van der Waals surface area contributed by atoms with Gasteiger partial charge in [0.25, 0.3) is 0 Å². The average molecular weight is 349 g/mol. The van der Waals surface area contributed by atoms with Gasteiger partial charge in [0.1, 0.15) is 0 Å². The highest BCUT2D eigenvalue weighted by molar-refractivity contribution is 5.77. The lowest BCUT2D eigenvalue weighted by Gasteiger charge is -2.35. The van der Waals surface area contributed by atoms with Gasteiger partial charge in [0.15, 0.2) is 5.82 Å². The summed E-state index contributed by atoms with van der Waals surface area (Å²) in [6, 6.07) is 0.0501. The summed E-state index contributed by atoms with van der Waals surface area (Å²) < 4.78 is 5.31. The van der Waals surface area contributed by atoms with Crippen molar-refractivity contribution < 1.29 is 19.2 Å². The molecule has 25 heavy (non-hydrogen) atoms. The third kappa shape index (κ3) is 4.80. The van der Waals surface area contributed by atoms with Crippen LogP contribution in [-0.4, -0.2) is 44.6 Å². The number of hydrogen-bond acceptors (Lipinski definition) is 5. The fraction of sp³-hybridized carbons (Fsp3) is 0.778. The first kappa shape index (κ1) is 17.9. The summed E-state index contributed by atoms with van der Waals surface area (Å²) in [6.07, 6.45) is 9.08. The Morgan fingerprint density at radius 2 is 1.88 bits per heavy atom. The van der Waals surface area contributed by atoms with Crippen molar-refractivity contribution in [3.05, 3.63) is 11.7 Å². The maximum absolute atomic E-state index is 12.6. The molecule has 1 saturated heterocycles. The number of aromatic nitrogens is 2. The quantitative estimate of drug-likeness (QED) is 0.813. The van der Waals surface area contributed by atoms with E-state index in [0.717, 1.165) is 44.5 Å². The lowest BCUT2D eigenvalue weighted by atomic mass is 9.97. The Morgan fingerprint density at radius 1 is 1.12 bits per heavy atom. The third-order valence-electron chi connectivity index (χ3n) is 5.40. The highest BCUT2D eigenvalue weighted by atomic mass is 16.5. The van der Waals surface area contributed by atoms with Crippen molar-refractivity contribution in [2.75, 3.05) is 6.54 Å². The first-order valence-corrected chi connectivity index (χ1v) is 9.47. The van der Waals surface area contributed by atoms with Crippen LogP contribution in [0.1, 0.15) is 81.8 Å². The van der Waals surface area contributed by atoms with Gasteiger partial charge in [0.05, 0.1) is 0 Å². The SMILES string of the molecule is O=C(O)CC[C@@H]1CCCCN1C(=O)CCc1nc(C2CCCC2)no1. The van der Waals surface area contributed by atoms with Crippen LogP contribution in [-0.2, 0) is 16.0 Å². The molecule has 0 radical (unpaired) electrons. The number of hydrogen-bond donors (Lipinski definition) is 1. The molecule has 3 rings (SSSR count). The maximum Gasteiger partial charge on any atom is 0.303 e. The summed E-state index contributed by atoms with van der Waals surface area (Å²) in [5.74, 6) is 1.00. The number of amides is 1. The molecule has 138 valence electrons. The monoisotopic (exact) mass is 349 g/mol. The van der Waals surface area contributed by atoms with Crippen molar-refractivity contribution in [3.8, 4) is 0 Å². The third-order valence-corrected chi connectivity index (χ3v) is 5.40. The van der Waals surface area contributed by atoms with E-state index in [1.807, 2.05) is 4.90 Å². The molecule has 0 unspecified atom stereocenters. The van der Waals surface area contributed by atoms with Gasteiger partial charge in [0.2, 0.25) is 11.8 Å². The summed E-state index contributed by atoms with van der Waals surface area (Å²) in [4.78, 5) is 29.7. The van der Waals surface area contributed by atoms with E-state index in [0.29, 0.717) is 31.1 Å². The number of carboxylic acid groups (broad SMARTS) is 1. The van der Waals surface area contributed by atoms with Gasteiger partial charge in [-0.2, -0.15) is 4.98 Å². The first-order chi connectivity index (χ1) is 12.1. The Balaban J connectivity index is 1.51. The Labute approximate surface area is 147 Å². The van der Waals surface area contributed by atoms with E-state index < -0.39 is 5.97 Å². The fourth-order valence-electron chi connectivity index (χ4n) is 4.00. The minimum absolute atomic E-state index is 0.0501. The molecule has 7 nitrogen and oxygen atoms in total. The Kier molecular flexibility index (Phi) is 6.04. The van der Waals surface area contributed by atoms with E-state index in [-0.39, 0.29) is 18.4 Å². The Hall–Kier alpha value is -1.92. The molecule has 1 aromatic rings. The first-order valence-electron chi connectivity index (χ1n) is 9.47. The van der Waals surface area contributed by atoms with E-state index in [9.17, 15) is 9.59 Å². The molecule has 2 aliphatic rings. The summed E-state index contributed by atoms with van der Waals surface area (Å²) in [5, 5.41) is 13.0. The highest BCUT2D eigenvalue weighted by Crippen LogP contribution is 2.32. The van der Waals surface area contributed by atoms with Gasteiger partial charge < -0.3 is 14.5 Å². The normalized spacial score (nSPS) is 21.6. The predicted molar refractivity (Wildman–Crippen MR) is 90.0 cm³/mol. The molecule has 7 heteroatoms. The molecule has 1 saturated carbocycles. The molecule has 1 aliphatic carbocycles. The molecule has 1 amide bonds. The highest BCUT2D eigenvalue weighted by Gasteiger charge is 2.27. The fourth-order valence-corrected chi connectivity index (χ4v) is 4.00. The van der Waals surface area contributed by atoms with E-state index in [4.69, 9.17) is 9.63 Å². The molecular formula is C18H27N3O4. The van der Waals surface area contributed by atoms with Gasteiger partial charge in [-0.25, -0.2) is 0 Å². The summed E-state index contributed by atoms with van der Waals surface area (Å²) >= 11 is 0. The van der Waals surface area contributed by atoms with Crippen molar-refractivity contribution in [1.82, 2.24) is 15.0 Å². The van der Waals surface area contributed by atoms with Crippen LogP contribution in [0.25, 0.3) is 0 Å². The number of aliphatic carboxylic acids is 1. The van der Waals surface area contributed by atoms with E-state index >= 15 is 0 Å². The van der Waals surface area contributed by atoms with E-state index in [1.165, 1.54) is 12.8 Å². The summed E-state index contributed by atoms with van der Waals surface area (Å²) in [5.41, 5.74) is 0. The number of carbonyl (C=O) groups excluding carboxylic acids is 1. The molecular weight excluding hydrogens is 322 g/mol. The van der Waals surface area contributed by atoms with E-state index in [2.05, 4.69) is 10.1 Å². The molecule has 0 aromatic carbocycles. The zero-order chi connectivity index (χ0) is 17.6. The lowest BCUT2D eigenvalue weighted by molar-refractivity contribution is -0.140. The molecule has 2 fully saturated rings. The van der Waals surface area contributed by atoms with Gasteiger partial charge in [-0.3, -0.25) is 9.59 Å². The topological polar surface area (TPSA) is 96.5 Å². The summed E-state index contributed by atoms with van der Waals surface area (Å²) in [6.45, 7) is 0.722. The van der Waals surface area contributed by atoms with Crippen molar-refractivity contribution >= 4 is 11.9 Å². The number of rotatable bonds is 7. The lowest BCUT2D eigenvalue weighted by Crippen LogP contribution is -2.44. The van der Waals surface area contributed by atoms with E-state index in [1.54, 1.807) is 0 Å². The van der Waals surface area contributed by atoms with Crippen LogP contribution in [0, 0.1) is 0 Å². The van der Waals surface area contributed by atoms with Gasteiger partial charge in [-0.1, -0.05) is 18.0 Å². The molecule has 1 aromatic heterocycles. The number of carboxylic acids is 1. The van der Waals surface area contributed by atoms with Gasteiger partial charge in [0, 0.05) is 37.8 Å². The second kappa shape index (κ2) is 8.45. The van der Waals surface area contributed by atoms with Crippen LogP contribution < -0.4 is 0 Å². The smallest absolute Gasteiger partial charge is 0.303 e. The maximum atomic E-state index is 12.6. The number of piperidine rings is 1. The molecule has 2 heterocycles. The van der Waals surface area contributed by atoms with Gasteiger partial charge in [-0.05, 0) is 38.5 Å². The van der Waals surface area contributed by atoms with Crippen LogP contribution in [0.3, 0.4) is 0 Å². The Bertz CT molecular complexity index is 595. The average Bonchev–Trinajstić information content (AvgIpc) is 3.29. The van der Waals surface area contributed by atoms with Gasteiger partial charge >= 0.3 is 5.97 Å². The van der Waals surface area contributed by atoms with Crippen LogP contribution in [0.15, 0.2) is 4.52 Å². The second-order valence-electron chi connectivity index (χ2n) is 7.20. The van der Waals surface area contributed by atoms with Crippen LogP contribution in [0.5, 0.6) is 0 Å². The van der Waals surface area contributed by atoms with Crippen molar-refractivity contribution in [2.24, 2.45) is 0 Å². The number of nitrogens with zero attached hydrogens (tertiary/aromatic N) is 3. The second-order valence-corrected chi connectivity index (χ2v) is 7.20. The number of aryl methyl sites for hydroxylation is 1. The zero-order valence-corrected chi connectivity index (χ0v) is 14.7.